The molecule has 2 heterocycles. The van der Waals surface area contributed by atoms with E-state index in [0.717, 1.165) is 50.1 Å². The summed E-state index contributed by atoms with van der Waals surface area (Å²) in [5.74, 6) is 2.50. The van der Waals surface area contributed by atoms with Gasteiger partial charge in [0.1, 0.15) is 12.4 Å². The van der Waals surface area contributed by atoms with E-state index in [1.807, 2.05) is 32.4 Å². The first-order valence-corrected chi connectivity index (χ1v) is 8.61. The molecule has 0 unspecified atom stereocenters. The van der Waals surface area contributed by atoms with Gasteiger partial charge in [-0.15, -0.1) is 10.2 Å². The molecule has 0 bridgehead atoms. The smallest absolute Gasteiger partial charge is 0.309 e. The number of ether oxygens (including phenoxy) is 1. The van der Waals surface area contributed by atoms with E-state index in [9.17, 15) is 4.79 Å². The molecule has 1 aliphatic heterocycles. The van der Waals surface area contributed by atoms with Crippen LogP contribution in [-0.2, 0) is 23.1 Å². The van der Waals surface area contributed by atoms with Crippen LogP contribution in [-0.4, -0.2) is 57.8 Å². The van der Waals surface area contributed by atoms with Gasteiger partial charge in [0, 0.05) is 26.7 Å². The summed E-state index contributed by atoms with van der Waals surface area (Å²) in [6.45, 7) is 9.14. The monoisotopic (exact) mass is 336 g/mol. The van der Waals surface area contributed by atoms with Crippen LogP contribution < -0.4 is 5.32 Å². The van der Waals surface area contributed by atoms with Crippen molar-refractivity contribution >= 4 is 11.9 Å². The maximum Gasteiger partial charge on any atom is 0.309 e. The van der Waals surface area contributed by atoms with Crippen molar-refractivity contribution in [1.82, 2.24) is 25.0 Å². The second-order valence-electron chi connectivity index (χ2n) is 5.91. The number of carbonyl (C=O) groups excluding carboxylic acids is 1. The first-order chi connectivity index (χ1) is 11.6. The van der Waals surface area contributed by atoms with Gasteiger partial charge in [-0.25, -0.2) is 4.99 Å². The Hall–Kier alpha value is -2.12. The third kappa shape index (κ3) is 4.46. The first-order valence-electron chi connectivity index (χ1n) is 8.61. The summed E-state index contributed by atoms with van der Waals surface area (Å²) < 4.78 is 7.07. The van der Waals surface area contributed by atoms with E-state index in [-0.39, 0.29) is 11.9 Å². The molecule has 0 aliphatic carbocycles. The Morgan fingerprint density at radius 3 is 2.58 bits per heavy atom. The number of hydrogen-bond donors (Lipinski definition) is 1. The lowest BCUT2D eigenvalue weighted by atomic mass is 9.97. The lowest BCUT2D eigenvalue weighted by molar-refractivity contribution is -0.149. The van der Waals surface area contributed by atoms with Crippen molar-refractivity contribution in [2.45, 2.75) is 40.2 Å². The van der Waals surface area contributed by atoms with Crippen LogP contribution in [0.15, 0.2) is 4.99 Å². The fourth-order valence-electron chi connectivity index (χ4n) is 2.75. The Labute approximate surface area is 143 Å². The number of rotatable bonds is 5. The molecule has 1 aliphatic rings. The normalized spacial score (nSPS) is 16.3. The standard InChI is InChI=1S/C16H28N6O2/c1-5-17-16(18-11-14-20-19-12(3)21(14)4)22-9-7-13(8-10-22)15(23)24-6-2/h13H,5-11H2,1-4H3,(H,17,18). The predicted octanol–water partition coefficient (Wildman–Crippen LogP) is 0.864. The highest BCUT2D eigenvalue weighted by molar-refractivity contribution is 5.80. The van der Waals surface area contributed by atoms with Crippen molar-refractivity contribution in [1.29, 1.82) is 0 Å². The van der Waals surface area contributed by atoms with Gasteiger partial charge >= 0.3 is 5.97 Å². The zero-order valence-corrected chi connectivity index (χ0v) is 15.1. The zero-order chi connectivity index (χ0) is 17.5. The number of aryl methyl sites for hydroxylation is 1. The van der Waals surface area contributed by atoms with Crippen LogP contribution in [0.4, 0.5) is 0 Å². The largest absolute Gasteiger partial charge is 0.466 e. The van der Waals surface area contributed by atoms with Gasteiger partial charge in [0.2, 0.25) is 0 Å². The summed E-state index contributed by atoms with van der Waals surface area (Å²) in [7, 11) is 1.94. The van der Waals surface area contributed by atoms with E-state index in [4.69, 9.17) is 4.74 Å². The number of aromatic nitrogens is 3. The maximum absolute atomic E-state index is 11.8. The van der Waals surface area contributed by atoms with Crippen molar-refractivity contribution in [3.8, 4) is 0 Å². The van der Waals surface area contributed by atoms with Crippen molar-refractivity contribution in [3.05, 3.63) is 11.6 Å². The number of guanidine groups is 1. The number of esters is 1. The molecule has 134 valence electrons. The fourth-order valence-corrected chi connectivity index (χ4v) is 2.75. The molecular formula is C16H28N6O2. The van der Waals surface area contributed by atoms with Crippen molar-refractivity contribution in [2.75, 3.05) is 26.2 Å². The van der Waals surface area contributed by atoms with Gasteiger partial charge < -0.3 is 19.5 Å². The van der Waals surface area contributed by atoms with Crippen molar-refractivity contribution in [3.63, 3.8) is 0 Å². The topological polar surface area (TPSA) is 84.6 Å². The molecule has 8 nitrogen and oxygen atoms in total. The van der Waals surface area contributed by atoms with Crippen LogP contribution in [0.1, 0.15) is 38.3 Å². The van der Waals surface area contributed by atoms with Gasteiger partial charge in [0.15, 0.2) is 11.8 Å². The van der Waals surface area contributed by atoms with Crippen LogP contribution in [0.25, 0.3) is 0 Å². The van der Waals surface area contributed by atoms with Crippen molar-refractivity contribution in [2.24, 2.45) is 18.0 Å². The third-order valence-corrected chi connectivity index (χ3v) is 4.30. The summed E-state index contributed by atoms with van der Waals surface area (Å²) in [6, 6.07) is 0. The number of hydrogen-bond acceptors (Lipinski definition) is 5. The first kappa shape index (κ1) is 18.2. The third-order valence-electron chi connectivity index (χ3n) is 4.30. The molecular weight excluding hydrogens is 308 g/mol. The molecule has 0 radical (unpaired) electrons. The molecule has 1 fully saturated rings. The lowest BCUT2D eigenvalue weighted by Gasteiger charge is -2.33. The Morgan fingerprint density at radius 1 is 1.33 bits per heavy atom. The molecule has 0 spiro atoms. The van der Waals surface area contributed by atoms with Crippen LogP contribution in [0.2, 0.25) is 0 Å². The highest BCUT2D eigenvalue weighted by atomic mass is 16.5. The summed E-state index contributed by atoms with van der Waals surface area (Å²) in [4.78, 5) is 18.7. The predicted molar refractivity (Wildman–Crippen MR) is 91.5 cm³/mol. The van der Waals surface area contributed by atoms with E-state index < -0.39 is 0 Å². The highest BCUT2D eigenvalue weighted by Crippen LogP contribution is 2.19. The second-order valence-corrected chi connectivity index (χ2v) is 5.91. The minimum absolute atomic E-state index is 0.00506. The molecule has 8 heteroatoms. The second kappa shape index (κ2) is 8.65. The Morgan fingerprint density at radius 2 is 2.04 bits per heavy atom. The minimum atomic E-state index is -0.0753. The van der Waals surface area contributed by atoms with E-state index >= 15 is 0 Å². The zero-order valence-electron chi connectivity index (χ0n) is 15.1. The molecule has 2 rings (SSSR count). The van der Waals surface area contributed by atoms with Crippen molar-refractivity contribution < 1.29 is 9.53 Å². The summed E-state index contributed by atoms with van der Waals surface area (Å²) in [5.41, 5.74) is 0. The van der Waals surface area contributed by atoms with Gasteiger partial charge in [-0.1, -0.05) is 0 Å². The van der Waals surface area contributed by atoms with Crippen LogP contribution in [0, 0.1) is 12.8 Å². The molecule has 1 aromatic rings. The SMILES string of the molecule is CCNC(=NCc1nnc(C)n1C)N1CCC(C(=O)OCC)CC1. The molecule has 24 heavy (non-hydrogen) atoms. The van der Waals surface area contributed by atoms with Crippen LogP contribution in [0.5, 0.6) is 0 Å². The maximum atomic E-state index is 11.8. The molecule has 0 aromatic carbocycles. The average molecular weight is 336 g/mol. The van der Waals surface area contributed by atoms with Gasteiger partial charge in [-0.2, -0.15) is 0 Å². The number of nitrogens with one attached hydrogen (secondary N) is 1. The summed E-state index contributed by atoms with van der Waals surface area (Å²) in [5, 5.41) is 11.5. The Kier molecular flexibility index (Phi) is 6.57. The lowest BCUT2D eigenvalue weighted by Crippen LogP contribution is -2.46. The van der Waals surface area contributed by atoms with Gasteiger partial charge in [0.05, 0.1) is 12.5 Å². The van der Waals surface area contributed by atoms with E-state index in [0.29, 0.717) is 13.2 Å². The number of carbonyl (C=O) groups is 1. The molecule has 1 aromatic heterocycles. The molecule has 0 saturated carbocycles. The van der Waals surface area contributed by atoms with E-state index in [2.05, 4.69) is 25.4 Å². The van der Waals surface area contributed by atoms with Gasteiger partial charge in [-0.3, -0.25) is 4.79 Å². The van der Waals surface area contributed by atoms with E-state index in [1.54, 1.807) is 0 Å². The Balaban J connectivity index is 1.97. The number of aliphatic imine (C=N–C) groups is 1. The number of likely N-dealkylation sites (tertiary alicyclic amines) is 1. The quantitative estimate of drug-likeness (QED) is 0.488. The summed E-state index contributed by atoms with van der Waals surface area (Å²) in [6.07, 6.45) is 1.60. The molecule has 1 saturated heterocycles. The molecule has 0 atom stereocenters. The summed E-state index contributed by atoms with van der Waals surface area (Å²) >= 11 is 0. The van der Waals surface area contributed by atoms with Crippen LogP contribution >= 0.6 is 0 Å². The van der Waals surface area contributed by atoms with Gasteiger partial charge in [0.25, 0.3) is 0 Å². The van der Waals surface area contributed by atoms with Gasteiger partial charge in [-0.05, 0) is 33.6 Å². The average Bonchev–Trinajstić information content (AvgIpc) is 2.91. The molecule has 1 N–H and O–H groups in total. The minimum Gasteiger partial charge on any atom is -0.466 e. The Bertz CT molecular complexity index is 575. The van der Waals surface area contributed by atoms with E-state index in [1.165, 1.54) is 0 Å². The number of nitrogens with zero attached hydrogens (tertiary/aromatic N) is 5. The van der Waals surface area contributed by atoms with Crippen LogP contribution in [0.3, 0.4) is 0 Å². The highest BCUT2D eigenvalue weighted by Gasteiger charge is 2.27. The number of piperidine rings is 1. The molecule has 0 amide bonds. The fraction of sp³-hybridized carbons (Fsp3) is 0.750.